The molecule has 1 fully saturated rings. The normalized spacial score (nSPS) is 22.8. The number of hydrogen-bond donors (Lipinski definition) is 3. The Labute approximate surface area is 152 Å². The second-order valence-corrected chi connectivity index (χ2v) is 6.40. The second kappa shape index (κ2) is 8.33. The van der Waals surface area contributed by atoms with Crippen LogP contribution in [0, 0.1) is 0 Å². The maximum Gasteiger partial charge on any atom is 0.269 e. The van der Waals surface area contributed by atoms with Crippen LogP contribution in [-0.2, 0) is 4.74 Å². The Morgan fingerprint density at radius 3 is 2.81 bits per heavy atom. The monoisotopic (exact) mass is 359 g/mol. The van der Waals surface area contributed by atoms with E-state index in [1.807, 2.05) is 31.2 Å². The van der Waals surface area contributed by atoms with Gasteiger partial charge in [-0.1, -0.05) is 0 Å². The zero-order valence-corrected chi connectivity index (χ0v) is 15.1. The van der Waals surface area contributed by atoms with Crippen LogP contribution >= 0.6 is 0 Å². The Morgan fingerprint density at radius 1 is 1.35 bits per heavy atom. The molecular formula is C19H25N3O4. The molecule has 0 spiro atoms. The molecule has 3 rings (SSSR count). The molecule has 0 aliphatic heterocycles. The molecule has 7 nitrogen and oxygen atoms in total. The summed E-state index contributed by atoms with van der Waals surface area (Å²) in [6.07, 6.45) is 1.49. The molecule has 1 aromatic heterocycles. The topological polar surface area (TPSA) is 96.5 Å². The number of aromatic amines is 1. The lowest BCUT2D eigenvalue weighted by Crippen LogP contribution is -2.51. The molecule has 1 amide bonds. The van der Waals surface area contributed by atoms with E-state index in [1.54, 1.807) is 13.2 Å². The number of nitrogens with one attached hydrogen (secondary N) is 2. The Morgan fingerprint density at radius 2 is 2.12 bits per heavy atom. The quantitative estimate of drug-likeness (QED) is 0.734. The van der Waals surface area contributed by atoms with Gasteiger partial charge in [-0.25, -0.2) is 0 Å². The molecule has 140 valence electrons. The number of carbonyl (C=O) groups excluding carboxylic acids is 1. The first-order chi connectivity index (χ1) is 12.6. The predicted molar refractivity (Wildman–Crippen MR) is 97.1 cm³/mol. The Bertz CT molecular complexity index is 729. The molecule has 7 heteroatoms. The van der Waals surface area contributed by atoms with Crippen LogP contribution in [0.5, 0.6) is 5.75 Å². The van der Waals surface area contributed by atoms with Gasteiger partial charge in [0.2, 0.25) is 0 Å². The van der Waals surface area contributed by atoms with Crippen molar-refractivity contribution in [1.29, 1.82) is 0 Å². The minimum absolute atomic E-state index is 0.241. The van der Waals surface area contributed by atoms with Gasteiger partial charge >= 0.3 is 0 Å². The van der Waals surface area contributed by atoms with E-state index in [4.69, 9.17) is 9.47 Å². The van der Waals surface area contributed by atoms with Crippen LogP contribution in [0.25, 0.3) is 11.3 Å². The van der Waals surface area contributed by atoms with Crippen LogP contribution in [0.4, 0.5) is 0 Å². The molecule has 0 radical (unpaired) electrons. The molecular weight excluding hydrogens is 334 g/mol. The van der Waals surface area contributed by atoms with E-state index in [2.05, 4.69) is 15.5 Å². The predicted octanol–water partition coefficient (Wildman–Crippen LogP) is 2.13. The van der Waals surface area contributed by atoms with Crippen molar-refractivity contribution >= 4 is 5.91 Å². The fourth-order valence-corrected chi connectivity index (χ4v) is 3.28. The molecule has 3 N–H and O–H groups in total. The zero-order chi connectivity index (χ0) is 18.5. The number of methoxy groups -OCH3 is 1. The third-order valence-corrected chi connectivity index (χ3v) is 4.70. The summed E-state index contributed by atoms with van der Waals surface area (Å²) in [6.45, 7) is 2.55. The molecule has 1 aliphatic rings. The van der Waals surface area contributed by atoms with Gasteiger partial charge in [-0.05, 0) is 56.5 Å². The van der Waals surface area contributed by atoms with E-state index in [1.165, 1.54) is 0 Å². The zero-order valence-electron chi connectivity index (χ0n) is 15.1. The van der Waals surface area contributed by atoms with Crippen LogP contribution in [0.2, 0.25) is 0 Å². The molecule has 1 aliphatic carbocycles. The standard InChI is InChI=1S/C19H25N3O4/c1-3-26-13-9-7-12(8-10-13)15-11-16(22-21-15)19(24)20-14-5-4-6-17(25-2)18(14)23/h7-11,14,17-18,23H,3-6H2,1-2H3,(H,20,24)(H,21,22)/t14-,17-,18-/m1/s1. The minimum atomic E-state index is -0.703. The Kier molecular flexibility index (Phi) is 5.90. The van der Waals surface area contributed by atoms with Crippen LogP contribution < -0.4 is 10.1 Å². The summed E-state index contributed by atoms with van der Waals surface area (Å²) in [4.78, 5) is 12.5. The lowest BCUT2D eigenvalue weighted by molar-refractivity contribution is -0.0513. The maximum atomic E-state index is 12.5. The summed E-state index contributed by atoms with van der Waals surface area (Å²) in [6, 6.07) is 8.92. The van der Waals surface area contributed by atoms with E-state index < -0.39 is 6.10 Å². The maximum absolute atomic E-state index is 12.5. The van der Waals surface area contributed by atoms with Crippen molar-refractivity contribution in [1.82, 2.24) is 15.5 Å². The van der Waals surface area contributed by atoms with Crippen molar-refractivity contribution in [3.63, 3.8) is 0 Å². The van der Waals surface area contributed by atoms with Crippen LogP contribution in [0.1, 0.15) is 36.7 Å². The summed E-state index contributed by atoms with van der Waals surface area (Å²) >= 11 is 0. The molecule has 0 unspecified atom stereocenters. The average molecular weight is 359 g/mol. The fraction of sp³-hybridized carbons (Fsp3) is 0.474. The molecule has 1 heterocycles. The number of nitrogens with zero attached hydrogens (tertiary/aromatic N) is 1. The van der Waals surface area contributed by atoms with E-state index in [0.717, 1.165) is 30.6 Å². The molecule has 2 aromatic rings. The highest BCUT2D eigenvalue weighted by atomic mass is 16.5. The lowest BCUT2D eigenvalue weighted by Gasteiger charge is -2.34. The number of carbonyl (C=O) groups is 1. The number of aliphatic hydroxyl groups excluding tert-OH is 1. The van der Waals surface area contributed by atoms with E-state index in [0.29, 0.717) is 18.0 Å². The van der Waals surface area contributed by atoms with Gasteiger partial charge in [0, 0.05) is 12.7 Å². The number of ether oxygens (including phenoxy) is 2. The summed E-state index contributed by atoms with van der Waals surface area (Å²) in [5.74, 6) is 0.513. The summed E-state index contributed by atoms with van der Waals surface area (Å²) in [5.41, 5.74) is 1.93. The summed E-state index contributed by atoms with van der Waals surface area (Å²) in [5, 5.41) is 20.2. The van der Waals surface area contributed by atoms with Gasteiger partial charge in [-0.3, -0.25) is 9.89 Å². The largest absolute Gasteiger partial charge is 0.494 e. The number of aromatic nitrogens is 2. The molecule has 0 saturated heterocycles. The second-order valence-electron chi connectivity index (χ2n) is 6.40. The number of aliphatic hydroxyl groups is 1. The number of H-pyrrole nitrogens is 1. The smallest absolute Gasteiger partial charge is 0.269 e. The van der Waals surface area contributed by atoms with Gasteiger partial charge in [0.1, 0.15) is 17.5 Å². The summed E-state index contributed by atoms with van der Waals surface area (Å²) < 4.78 is 10.7. The van der Waals surface area contributed by atoms with Gasteiger partial charge in [-0.15, -0.1) is 0 Å². The molecule has 26 heavy (non-hydrogen) atoms. The van der Waals surface area contributed by atoms with Gasteiger partial charge < -0.3 is 19.9 Å². The van der Waals surface area contributed by atoms with E-state index in [-0.39, 0.29) is 18.1 Å². The number of amides is 1. The van der Waals surface area contributed by atoms with Crippen molar-refractivity contribution < 1.29 is 19.4 Å². The lowest BCUT2D eigenvalue weighted by atomic mass is 9.90. The highest BCUT2D eigenvalue weighted by molar-refractivity contribution is 5.93. The molecule has 1 aromatic carbocycles. The molecule has 1 saturated carbocycles. The average Bonchev–Trinajstić information content (AvgIpc) is 3.15. The van der Waals surface area contributed by atoms with Crippen molar-refractivity contribution in [3.05, 3.63) is 36.0 Å². The van der Waals surface area contributed by atoms with Crippen LogP contribution in [0.15, 0.2) is 30.3 Å². The van der Waals surface area contributed by atoms with Crippen LogP contribution in [-0.4, -0.2) is 53.2 Å². The van der Waals surface area contributed by atoms with Crippen molar-refractivity contribution in [2.75, 3.05) is 13.7 Å². The van der Waals surface area contributed by atoms with Crippen molar-refractivity contribution in [2.45, 2.75) is 44.4 Å². The highest BCUT2D eigenvalue weighted by Gasteiger charge is 2.33. The van der Waals surface area contributed by atoms with Gasteiger partial charge in [0.25, 0.3) is 5.91 Å². The van der Waals surface area contributed by atoms with Crippen molar-refractivity contribution in [2.24, 2.45) is 0 Å². The highest BCUT2D eigenvalue weighted by Crippen LogP contribution is 2.23. The van der Waals surface area contributed by atoms with Crippen LogP contribution in [0.3, 0.4) is 0 Å². The van der Waals surface area contributed by atoms with E-state index >= 15 is 0 Å². The number of benzene rings is 1. The number of rotatable bonds is 6. The Hall–Kier alpha value is -2.38. The first kappa shape index (κ1) is 18.4. The van der Waals surface area contributed by atoms with Gasteiger partial charge in [0.15, 0.2) is 0 Å². The third kappa shape index (κ3) is 4.05. The SMILES string of the molecule is CCOc1ccc(-c2cc(C(=O)N[C@@H]3CCC[C@@H](OC)[C@@H]3O)[nH]n2)cc1. The number of hydrogen-bond acceptors (Lipinski definition) is 5. The third-order valence-electron chi connectivity index (χ3n) is 4.70. The van der Waals surface area contributed by atoms with Crippen molar-refractivity contribution in [3.8, 4) is 17.0 Å². The first-order valence-electron chi connectivity index (χ1n) is 8.92. The Balaban J connectivity index is 1.66. The fourth-order valence-electron chi connectivity index (χ4n) is 3.28. The minimum Gasteiger partial charge on any atom is -0.494 e. The molecule has 0 bridgehead atoms. The molecule has 3 atom stereocenters. The van der Waals surface area contributed by atoms with Gasteiger partial charge in [0.05, 0.1) is 24.4 Å². The first-order valence-corrected chi connectivity index (χ1v) is 8.92. The van der Waals surface area contributed by atoms with Gasteiger partial charge in [-0.2, -0.15) is 5.10 Å². The van der Waals surface area contributed by atoms with E-state index in [9.17, 15) is 9.90 Å². The summed E-state index contributed by atoms with van der Waals surface area (Å²) in [7, 11) is 1.58.